The maximum Gasteiger partial charge on any atom is 0.262 e. The van der Waals surface area contributed by atoms with Crippen molar-refractivity contribution in [1.82, 2.24) is 4.90 Å². The molecule has 0 saturated heterocycles. The van der Waals surface area contributed by atoms with Gasteiger partial charge in [0.1, 0.15) is 0 Å². The van der Waals surface area contributed by atoms with Gasteiger partial charge in [-0.1, -0.05) is 71.8 Å². The van der Waals surface area contributed by atoms with Gasteiger partial charge in [-0.05, 0) is 47.5 Å². The molecule has 1 aliphatic rings. The Kier molecular flexibility index (Phi) is 5.03. The molecule has 3 aromatic carbocycles. The van der Waals surface area contributed by atoms with Crippen LogP contribution in [0.1, 0.15) is 37.9 Å². The van der Waals surface area contributed by atoms with E-state index in [0.717, 1.165) is 11.1 Å². The summed E-state index contributed by atoms with van der Waals surface area (Å²) < 4.78 is 0. The van der Waals surface area contributed by atoms with E-state index in [2.05, 4.69) is 0 Å². The smallest absolute Gasteiger partial charge is 0.262 e. The second-order valence-electron chi connectivity index (χ2n) is 6.43. The van der Waals surface area contributed by atoms with E-state index in [1.54, 1.807) is 48.5 Å². The van der Waals surface area contributed by atoms with Gasteiger partial charge in [0.2, 0.25) is 0 Å². The lowest BCUT2D eigenvalue weighted by Gasteiger charge is -2.24. The van der Waals surface area contributed by atoms with E-state index < -0.39 is 6.04 Å². The molecule has 1 aliphatic heterocycles. The van der Waals surface area contributed by atoms with Crippen LogP contribution in [0.25, 0.3) is 6.08 Å². The van der Waals surface area contributed by atoms with Gasteiger partial charge >= 0.3 is 0 Å². The Bertz CT molecular complexity index is 1040. The zero-order valence-corrected chi connectivity index (χ0v) is 16.2. The fraction of sp³-hybridized carbons (Fsp3) is 0.0435. The van der Waals surface area contributed by atoms with Crippen molar-refractivity contribution >= 4 is 41.1 Å². The summed E-state index contributed by atoms with van der Waals surface area (Å²) >= 11 is 12.0. The van der Waals surface area contributed by atoms with E-state index in [9.17, 15) is 9.59 Å². The van der Waals surface area contributed by atoms with Crippen molar-refractivity contribution in [3.05, 3.63) is 111 Å². The molecule has 0 saturated carbocycles. The molecule has 3 nitrogen and oxygen atoms in total. The average Bonchev–Trinajstić information content (AvgIpc) is 2.96. The van der Waals surface area contributed by atoms with Crippen LogP contribution in [0.4, 0.5) is 0 Å². The van der Waals surface area contributed by atoms with Gasteiger partial charge < -0.3 is 0 Å². The molecule has 0 aliphatic carbocycles. The molecule has 1 heterocycles. The zero-order chi connectivity index (χ0) is 19.7. The SMILES string of the molecule is O=C1c2ccccc2C(=O)N1[C@H](/C=C/c1ccc(Cl)cc1)c1ccc(Cl)cc1. The molecule has 5 heteroatoms. The van der Waals surface area contributed by atoms with Gasteiger partial charge in [-0.15, -0.1) is 0 Å². The Morgan fingerprint density at radius 2 is 1.21 bits per heavy atom. The van der Waals surface area contributed by atoms with Crippen LogP contribution in [0.5, 0.6) is 0 Å². The van der Waals surface area contributed by atoms with Crippen LogP contribution in [0, 0.1) is 0 Å². The fourth-order valence-corrected chi connectivity index (χ4v) is 3.49. The summed E-state index contributed by atoms with van der Waals surface area (Å²) in [5.41, 5.74) is 2.56. The second-order valence-corrected chi connectivity index (χ2v) is 7.31. The lowest BCUT2D eigenvalue weighted by atomic mass is 10.0. The van der Waals surface area contributed by atoms with E-state index >= 15 is 0 Å². The van der Waals surface area contributed by atoms with Gasteiger partial charge in [0.15, 0.2) is 0 Å². The number of imide groups is 1. The van der Waals surface area contributed by atoms with Crippen molar-refractivity contribution in [3.8, 4) is 0 Å². The Morgan fingerprint density at radius 1 is 0.714 bits per heavy atom. The first-order chi connectivity index (χ1) is 13.5. The number of amides is 2. The van der Waals surface area contributed by atoms with Crippen LogP contribution in [-0.4, -0.2) is 16.7 Å². The number of benzene rings is 3. The Labute approximate surface area is 172 Å². The van der Waals surface area contributed by atoms with Crippen molar-refractivity contribution < 1.29 is 9.59 Å². The minimum atomic E-state index is -0.555. The third kappa shape index (κ3) is 3.47. The number of rotatable bonds is 4. The summed E-state index contributed by atoms with van der Waals surface area (Å²) in [5, 5.41) is 1.23. The van der Waals surface area contributed by atoms with Gasteiger partial charge in [0, 0.05) is 10.0 Å². The van der Waals surface area contributed by atoms with E-state index in [4.69, 9.17) is 23.2 Å². The van der Waals surface area contributed by atoms with Crippen molar-refractivity contribution in [3.63, 3.8) is 0 Å². The standard InChI is InChI=1S/C23H15Cl2NO2/c24-17-10-5-15(6-11-17)7-14-21(16-8-12-18(25)13-9-16)26-22(27)19-3-1-2-4-20(19)23(26)28/h1-14,21H/b14-7+/t21-/m1/s1. The van der Waals surface area contributed by atoms with E-state index in [0.29, 0.717) is 21.2 Å². The molecule has 0 aromatic heterocycles. The Balaban J connectivity index is 1.75. The molecule has 1 atom stereocenters. The first-order valence-electron chi connectivity index (χ1n) is 8.71. The molecule has 0 bridgehead atoms. The zero-order valence-electron chi connectivity index (χ0n) is 14.7. The van der Waals surface area contributed by atoms with E-state index in [-0.39, 0.29) is 11.8 Å². The molecule has 0 spiro atoms. The van der Waals surface area contributed by atoms with Gasteiger partial charge in [0.25, 0.3) is 11.8 Å². The fourth-order valence-electron chi connectivity index (χ4n) is 3.24. The van der Waals surface area contributed by atoms with E-state index in [1.807, 2.05) is 36.4 Å². The highest BCUT2D eigenvalue weighted by molar-refractivity contribution is 6.30. The maximum atomic E-state index is 13.0. The number of carbonyl (C=O) groups excluding carboxylic acids is 2. The van der Waals surface area contributed by atoms with Crippen LogP contribution < -0.4 is 0 Å². The molecule has 0 N–H and O–H groups in total. The molecule has 0 radical (unpaired) electrons. The summed E-state index contributed by atoms with van der Waals surface area (Å²) in [7, 11) is 0. The molecule has 28 heavy (non-hydrogen) atoms. The predicted molar refractivity (Wildman–Crippen MR) is 112 cm³/mol. The van der Waals surface area contributed by atoms with Crippen LogP contribution in [0.2, 0.25) is 10.0 Å². The van der Waals surface area contributed by atoms with Crippen LogP contribution in [-0.2, 0) is 0 Å². The predicted octanol–water partition coefficient (Wildman–Crippen LogP) is 6.04. The van der Waals surface area contributed by atoms with Crippen LogP contribution in [0.3, 0.4) is 0 Å². The third-order valence-corrected chi connectivity index (χ3v) is 5.16. The van der Waals surface area contributed by atoms with Crippen LogP contribution in [0.15, 0.2) is 78.9 Å². The summed E-state index contributed by atoms with van der Waals surface area (Å²) in [5.74, 6) is -0.609. The number of halogens is 2. The lowest BCUT2D eigenvalue weighted by molar-refractivity contribution is 0.0614. The van der Waals surface area contributed by atoms with Gasteiger partial charge in [-0.3, -0.25) is 14.5 Å². The Hall–Kier alpha value is -2.88. The van der Waals surface area contributed by atoms with Gasteiger partial charge in [0.05, 0.1) is 17.2 Å². The van der Waals surface area contributed by atoms with Crippen molar-refractivity contribution in [2.45, 2.75) is 6.04 Å². The maximum absolute atomic E-state index is 13.0. The summed E-state index contributed by atoms with van der Waals surface area (Å²) in [6, 6.07) is 20.8. The normalized spacial score (nSPS) is 14.6. The molecule has 4 rings (SSSR count). The van der Waals surface area contributed by atoms with Gasteiger partial charge in [-0.2, -0.15) is 0 Å². The highest BCUT2D eigenvalue weighted by Gasteiger charge is 2.39. The quantitative estimate of drug-likeness (QED) is 0.494. The third-order valence-electron chi connectivity index (χ3n) is 4.66. The number of hydrogen-bond acceptors (Lipinski definition) is 2. The molecular formula is C23H15Cl2NO2. The molecule has 0 unspecified atom stereocenters. The highest BCUT2D eigenvalue weighted by atomic mass is 35.5. The number of fused-ring (bicyclic) bond motifs is 1. The lowest BCUT2D eigenvalue weighted by Crippen LogP contribution is -2.33. The summed E-state index contributed by atoms with van der Waals surface area (Å²) in [6.07, 6.45) is 3.72. The molecule has 0 fully saturated rings. The molecule has 2 amide bonds. The number of hydrogen-bond donors (Lipinski definition) is 0. The summed E-state index contributed by atoms with van der Waals surface area (Å²) in [6.45, 7) is 0. The number of carbonyl (C=O) groups is 2. The molecule has 3 aromatic rings. The van der Waals surface area contributed by atoms with Crippen molar-refractivity contribution in [1.29, 1.82) is 0 Å². The average molecular weight is 408 g/mol. The van der Waals surface area contributed by atoms with Crippen molar-refractivity contribution in [2.24, 2.45) is 0 Å². The first kappa shape index (κ1) is 18.5. The van der Waals surface area contributed by atoms with Crippen molar-refractivity contribution in [2.75, 3.05) is 0 Å². The van der Waals surface area contributed by atoms with Gasteiger partial charge in [-0.25, -0.2) is 0 Å². The number of nitrogens with zero attached hydrogens (tertiary/aromatic N) is 1. The van der Waals surface area contributed by atoms with E-state index in [1.165, 1.54) is 4.90 Å². The Morgan fingerprint density at radius 3 is 1.75 bits per heavy atom. The second kappa shape index (κ2) is 7.63. The minimum Gasteiger partial charge on any atom is -0.269 e. The highest BCUT2D eigenvalue weighted by Crippen LogP contribution is 2.33. The van der Waals surface area contributed by atoms with Crippen LogP contribution >= 0.6 is 23.2 Å². The topological polar surface area (TPSA) is 37.4 Å². The largest absolute Gasteiger partial charge is 0.269 e. The minimum absolute atomic E-state index is 0.304. The molecular weight excluding hydrogens is 393 g/mol. The first-order valence-corrected chi connectivity index (χ1v) is 9.46. The summed E-state index contributed by atoms with van der Waals surface area (Å²) in [4.78, 5) is 27.2. The monoisotopic (exact) mass is 407 g/mol. The molecule has 138 valence electrons.